The van der Waals surface area contributed by atoms with Crippen molar-refractivity contribution >= 4 is 28.5 Å². The fourth-order valence-electron chi connectivity index (χ4n) is 2.87. The Labute approximate surface area is 127 Å². The van der Waals surface area contributed by atoms with E-state index in [0.29, 0.717) is 0 Å². The van der Waals surface area contributed by atoms with Crippen LogP contribution < -0.4 is 0 Å². The van der Waals surface area contributed by atoms with Crippen molar-refractivity contribution in [2.45, 2.75) is 19.1 Å². The first-order chi connectivity index (χ1) is 9.95. The van der Waals surface area contributed by atoms with E-state index >= 15 is 0 Å². The highest BCUT2D eigenvalue weighted by Gasteiger charge is 2.40. The Morgan fingerprint density at radius 1 is 1.52 bits per heavy atom. The molecule has 6 heteroatoms. The summed E-state index contributed by atoms with van der Waals surface area (Å²) >= 11 is 5.97. The van der Waals surface area contributed by atoms with Gasteiger partial charge in [0.15, 0.2) is 0 Å². The van der Waals surface area contributed by atoms with E-state index in [1.807, 2.05) is 31.3 Å². The molecule has 2 heterocycles. The normalized spacial score (nSPS) is 17.8. The number of carbonyl (C=O) groups is 1. The van der Waals surface area contributed by atoms with Gasteiger partial charge in [0, 0.05) is 41.8 Å². The van der Waals surface area contributed by atoms with Gasteiger partial charge in [0.2, 0.25) is 0 Å². The highest BCUT2D eigenvalue weighted by molar-refractivity contribution is 6.31. The number of hydrogen-bond donors (Lipinski definition) is 2. The SMILES string of the molecule is CC1(OCC(=O)O)CN(Cc2c[nH]c3cc(Cl)ccc23)C1. The van der Waals surface area contributed by atoms with Crippen molar-refractivity contribution in [3.05, 3.63) is 35.0 Å². The minimum Gasteiger partial charge on any atom is -0.480 e. The van der Waals surface area contributed by atoms with E-state index in [1.54, 1.807) is 0 Å². The van der Waals surface area contributed by atoms with Crippen molar-refractivity contribution in [2.75, 3.05) is 19.7 Å². The molecule has 2 aromatic rings. The third-order valence-electron chi connectivity index (χ3n) is 3.78. The second-order valence-corrected chi connectivity index (χ2v) is 6.22. The Morgan fingerprint density at radius 2 is 2.29 bits per heavy atom. The van der Waals surface area contributed by atoms with E-state index in [9.17, 15) is 4.79 Å². The molecule has 0 atom stereocenters. The number of likely N-dealkylation sites (tertiary alicyclic amines) is 1. The van der Waals surface area contributed by atoms with Gasteiger partial charge in [-0.1, -0.05) is 17.7 Å². The Morgan fingerprint density at radius 3 is 3.00 bits per heavy atom. The Kier molecular flexibility index (Phi) is 3.65. The number of ether oxygens (including phenoxy) is 1. The van der Waals surface area contributed by atoms with Crippen LogP contribution in [0.25, 0.3) is 10.9 Å². The number of fused-ring (bicyclic) bond motifs is 1. The Hall–Kier alpha value is -1.56. The number of hydrogen-bond acceptors (Lipinski definition) is 3. The first-order valence-electron chi connectivity index (χ1n) is 6.79. The summed E-state index contributed by atoms with van der Waals surface area (Å²) in [6.45, 7) is 3.99. The molecular formula is C15H17ClN2O3. The molecule has 1 aliphatic rings. The minimum atomic E-state index is -0.928. The van der Waals surface area contributed by atoms with E-state index < -0.39 is 5.97 Å². The highest BCUT2D eigenvalue weighted by Crippen LogP contribution is 2.29. The van der Waals surface area contributed by atoms with Crippen molar-refractivity contribution < 1.29 is 14.6 Å². The van der Waals surface area contributed by atoms with Gasteiger partial charge in [0.05, 0.1) is 5.60 Å². The average Bonchev–Trinajstić information content (AvgIpc) is 2.77. The first kappa shape index (κ1) is 14.4. The average molecular weight is 309 g/mol. The molecule has 0 unspecified atom stereocenters. The van der Waals surface area contributed by atoms with Crippen molar-refractivity contribution in [3.8, 4) is 0 Å². The van der Waals surface area contributed by atoms with Gasteiger partial charge in [-0.25, -0.2) is 4.79 Å². The van der Waals surface area contributed by atoms with Crippen LogP contribution in [0.15, 0.2) is 24.4 Å². The maximum atomic E-state index is 10.5. The third-order valence-corrected chi connectivity index (χ3v) is 4.02. The van der Waals surface area contributed by atoms with Gasteiger partial charge < -0.3 is 14.8 Å². The summed E-state index contributed by atoms with van der Waals surface area (Å²) in [6.07, 6.45) is 1.99. The summed E-state index contributed by atoms with van der Waals surface area (Å²) in [6, 6.07) is 5.82. The number of rotatable bonds is 5. The molecule has 2 N–H and O–H groups in total. The summed E-state index contributed by atoms with van der Waals surface area (Å²) in [4.78, 5) is 16.0. The van der Waals surface area contributed by atoms with Crippen LogP contribution in [-0.2, 0) is 16.1 Å². The molecule has 1 fully saturated rings. The van der Waals surface area contributed by atoms with E-state index in [2.05, 4.69) is 9.88 Å². The van der Waals surface area contributed by atoms with E-state index in [1.165, 1.54) is 10.9 Å². The van der Waals surface area contributed by atoms with E-state index in [-0.39, 0.29) is 12.2 Å². The zero-order valence-electron chi connectivity index (χ0n) is 11.7. The fourth-order valence-corrected chi connectivity index (χ4v) is 3.04. The standard InChI is InChI=1S/C15H17ClN2O3/c1-15(21-7-14(19)20)8-18(9-15)6-10-5-17-13-4-11(16)2-3-12(10)13/h2-5,17H,6-9H2,1H3,(H,19,20). The number of H-pyrrole nitrogens is 1. The smallest absolute Gasteiger partial charge is 0.329 e. The van der Waals surface area contributed by atoms with Gasteiger partial charge in [-0.3, -0.25) is 4.90 Å². The van der Waals surface area contributed by atoms with Crippen LogP contribution in [0.2, 0.25) is 5.02 Å². The zero-order chi connectivity index (χ0) is 15.0. The number of nitrogens with one attached hydrogen (secondary N) is 1. The molecule has 0 aliphatic carbocycles. The summed E-state index contributed by atoms with van der Waals surface area (Å²) in [5, 5.41) is 10.5. The molecule has 0 spiro atoms. The van der Waals surface area contributed by atoms with Crippen LogP contribution in [0.1, 0.15) is 12.5 Å². The molecule has 1 aromatic carbocycles. The molecule has 0 bridgehead atoms. The van der Waals surface area contributed by atoms with Crippen molar-refractivity contribution in [3.63, 3.8) is 0 Å². The number of aliphatic carboxylic acids is 1. The van der Waals surface area contributed by atoms with Crippen LogP contribution in [0.3, 0.4) is 0 Å². The molecular weight excluding hydrogens is 292 g/mol. The van der Waals surface area contributed by atoms with Crippen LogP contribution >= 0.6 is 11.6 Å². The molecule has 3 rings (SSSR count). The van der Waals surface area contributed by atoms with E-state index in [4.69, 9.17) is 21.4 Å². The number of nitrogens with zero attached hydrogens (tertiary/aromatic N) is 1. The topological polar surface area (TPSA) is 65.6 Å². The molecule has 0 radical (unpaired) electrons. The van der Waals surface area contributed by atoms with Gasteiger partial charge >= 0.3 is 5.97 Å². The quantitative estimate of drug-likeness (QED) is 0.890. The predicted octanol–water partition coefficient (Wildman–Crippen LogP) is 2.50. The summed E-state index contributed by atoms with van der Waals surface area (Å²) in [5.74, 6) is -0.928. The summed E-state index contributed by atoms with van der Waals surface area (Å²) < 4.78 is 5.41. The number of carboxylic acids is 1. The molecule has 0 amide bonds. The van der Waals surface area contributed by atoms with Gasteiger partial charge in [-0.2, -0.15) is 0 Å². The maximum absolute atomic E-state index is 10.5. The lowest BCUT2D eigenvalue weighted by molar-refractivity contribution is -0.165. The highest BCUT2D eigenvalue weighted by atomic mass is 35.5. The van der Waals surface area contributed by atoms with Crippen molar-refractivity contribution in [2.24, 2.45) is 0 Å². The lowest BCUT2D eigenvalue weighted by atomic mass is 9.95. The second kappa shape index (κ2) is 5.33. The summed E-state index contributed by atoms with van der Waals surface area (Å²) in [5.41, 5.74) is 1.89. The molecule has 0 saturated carbocycles. The molecule has 1 aromatic heterocycles. The second-order valence-electron chi connectivity index (χ2n) is 5.78. The molecule has 5 nitrogen and oxygen atoms in total. The van der Waals surface area contributed by atoms with Crippen molar-refractivity contribution in [1.29, 1.82) is 0 Å². The predicted molar refractivity (Wildman–Crippen MR) is 80.6 cm³/mol. The van der Waals surface area contributed by atoms with Crippen molar-refractivity contribution in [1.82, 2.24) is 9.88 Å². The zero-order valence-corrected chi connectivity index (χ0v) is 12.5. The lowest BCUT2D eigenvalue weighted by Crippen LogP contribution is -2.61. The number of carboxylic acid groups (broad SMARTS) is 1. The van der Waals surface area contributed by atoms with Crippen LogP contribution in [0.5, 0.6) is 0 Å². The first-order valence-corrected chi connectivity index (χ1v) is 7.17. The van der Waals surface area contributed by atoms with Crippen LogP contribution in [-0.4, -0.2) is 46.3 Å². The van der Waals surface area contributed by atoms with E-state index in [0.717, 1.165) is 30.2 Å². The summed E-state index contributed by atoms with van der Waals surface area (Å²) in [7, 11) is 0. The Bertz CT molecular complexity index is 677. The van der Waals surface area contributed by atoms with Gasteiger partial charge in [-0.15, -0.1) is 0 Å². The largest absolute Gasteiger partial charge is 0.480 e. The number of benzene rings is 1. The lowest BCUT2D eigenvalue weighted by Gasteiger charge is -2.47. The molecule has 21 heavy (non-hydrogen) atoms. The fraction of sp³-hybridized carbons (Fsp3) is 0.400. The van der Waals surface area contributed by atoms with Crippen LogP contribution in [0.4, 0.5) is 0 Å². The van der Waals surface area contributed by atoms with Crippen LogP contribution in [0, 0.1) is 0 Å². The molecule has 1 aliphatic heterocycles. The number of aromatic amines is 1. The Balaban J connectivity index is 1.62. The number of halogens is 1. The van der Waals surface area contributed by atoms with Gasteiger partial charge in [0.1, 0.15) is 6.61 Å². The molecule has 1 saturated heterocycles. The maximum Gasteiger partial charge on any atom is 0.329 e. The number of aromatic nitrogens is 1. The minimum absolute atomic E-state index is 0.240. The molecule has 112 valence electrons. The van der Waals surface area contributed by atoms with Gasteiger partial charge in [-0.05, 0) is 24.6 Å². The monoisotopic (exact) mass is 308 g/mol. The third kappa shape index (κ3) is 3.05. The van der Waals surface area contributed by atoms with Gasteiger partial charge in [0.25, 0.3) is 0 Å².